The molecule has 1 saturated carbocycles. The molecule has 0 radical (unpaired) electrons. The average Bonchev–Trinajstić information content (AvgIpc) is 2.43. The lowest BCUT2D eigenvalue weighted by Crippen LogP contribution is -2.45. The van der Waals surface area contributed by atoms with Crippen molar-refractivity contribution >= 4 is 0 Å². The lowest BCUT2D eigenvalue weighted by Gasteiger charge is -2.33. The van der Waals surface area contributed by atoms with Crippen molar-refractivity contribution in [1.82, 2.24) is 10.2 Å². The van der Waals surface area contributed by atoms with Gasteiger partial charge in [0.1, 0.15) is 5.54 Å². The van der Waals surface area contributed by atoms with Crippen LogP contribution < -0.4 is 5.32 Å². The fraction of sp³-hybridized carbons (Fsp3) is 0.933. The Labute approximate surface area is 113 Å². The van der Waals surface area contributed by atoms with Crippen LogP contribution in [0.3, 0.4) is 0 Å². The number of hydrogen-bond acceptors (Lipinski definition) is 3. The van der Waals surface area contributed by atoms with Crippen molar-refractivity contribution in [2.45, 2.75) is 70.4 Å². The Bertz CT molecular complexity index is 265. The van der Waals surface area contributed by atoms with Crippen LogP contribution in [0, 0.1) is 11.3 Å². The molecule has 0 aromatic heterocycles. The van der Waals surface area contributed by atoms with Gasteiger partial charge in [-0.15, -0.1) is 0 Å². The number of nitrogens with one attached hydrogen (secondary N) is 1. The highest BCUT2D eigenvalue weighted by Crippen LogP contribution is 2.22. The molecule has 104 valence electrons. The zero-order chi connectivity index (χ0) is 13.4. The summed E-state index contributed by atoms with van der Waals surface area (Å²) < 4.78 is 0. The fourth-order valence-corrected chi connectivity index (χ4v) is 2.69. The van der Waals surface area contributed by atoms with E-state index in [2.05, 4.69) is 30.3 Å². The largest absolute Gasteiger partial charge is 0.303 e. The predicted molar refractivity (Wildman–Crippen MR) is 76.4 cm³/mol. The Morgan fingerprint density at radius 2 is 2.00 bits per heavy atom. The number of rotatable bonds is 7. The molecular weight excluding hydrogens is 222 g/mol. The predicted octanol–water partition coefficient (Wildman–Crippen LogP) is 2.92. The molecule has 0 aromatic carbocycles. The van der Waals surface area contributed by atoms with Crippen molar-refractivity contribution in [1.29, 1.82) is 5.26 Å². The summed E-state index contributed by atoms with van der Waals surface area (Å²) in [4.78, 5) is 2.46. The van der Waals surface area contributed by atoms with Crippen LogP contribution in [0.4, 0.5) is 0 Å². The molecule has 1 unspecified atom stereocenters. The minimum atomic E-state index is -0.362. The molecule has 1 rings (SSSR count). The molecule has 0 aromatic rings. The first-order chi connectivity index (χ1) is 8.61. The first-order valence-electron chi connectivity index (χ1n) is 7.48. The zero-order valence-electron chi connectivity index (χ0n) is 12.3. The molecule has 1 N–H and O–H groups in total. The quantitative estimate of drug-likeness (QED) is 0.756. The van der Waals surface area contributed by atoms with Gasteiger partial charge in [-0.25, -0.2) is 0 Å². The molecule has 0 heterocycles. The molecule has 0 saturated heterocycles. The third-order valence-electron chi connectivity index (χ3n) is 4.17. The molecule has 1 aliphatic rings. The van der Waals surface area contributed by atoms with Crippen LogP contribution in [0.25, 0.3) is 0 Å². The second kappa shape index (κ2) is 7.76. The molecule has 0 aliphatic heterocycles. The third-order valence-corrected chi connectivity index (χ3v) is 4.17. The van der Waals surface area contributed by atoms with Gasteiger partial charge in [-0.05, 0) is 46.2 Å². The SMILES string of the molecule is CCCNC(C)(C#N)CCN(C)C1CCCCC1. The van der Waals surface area contributed by atoms with E-state index in [1.807, 2.05) is 6.92 Å². The van der Waals surface area contributed by atoms with Crippen molar-refractivity contribution in [3.05, 3.63) is 0 Å². The van der Waals surface area contributed by atoms with Crippen molar-refractivity contribution in [3.63, 3.8) is 0 Å². The normalized spacial score (nSPS) is 20.6. The molecule has 1 fully saturated rings. The van der Waals surface area contributed by atoms with E-state index >= 15 is 0 Å². The van der Waals surface area contributed by atoms with E-state index in [0.717, 1.165) is 32.0 Å². The number of hydrogen-bond donors (Lipinski definition) is 1. The van der Waals surface area contributed by atoms with Crippen LogP contribution in [0.5, 0.6) is 0 Å². The van der Waals surface area contributed by atoms with Gasteiger partial charge in [0.25, 0.3) is 0 Å². The molecule has 3 nitrogen and oxygen atoms in total. The van der Waals surface area contributed by atoms with Gasteiger partial charge >= 0.3 is 0 Å². The smallest absolute Gasteiger partial charge is 0.105 e. The Morgan fingerprint density at radius 1 is 1.33 bits per heavy atom. The van der Waals surface area contributed by atoms with E-state index in [1.165, 1.54) is 32.1 Å². The molecule has 1 atom stereocenters. The summed E-state index contributed by atoms with van der Waals surface area (Å²) in [5, 5.41) is 12.7. The summed E-state index contributed by atoms with van der Waals surface area (Å²) in [5.41, 5.74) is -0.362. The molecule has 18 heavy (non-hydrogen) atoms. The van der Waals surface area contributed by atoms with Gasteiger partial charge in [-0.2, -0.15) is 5.26 Å². The lowest BCUT2D eigenvalue weighted by atomic mass is 9.93. The molecule has 1 aliphatic carbocycles. The first-order valence-corrected chi connectivity index (χ1v) is 7.48. The maximum atomic E-state index is 9.30. The standard InChI is InChI=1S/C15H29N3/c1-4-11-17-15(2,13-16)10-12-18(3)14-8-6-5-7-9-14/h14,17H,4-12H2,1-3H3. The van der Waals surface area contributed by atoms with Gasteiger partial charge in [-0.3, -0.25) is 5.32 Å². The lowest BCUT2D eigenvalue weighted by molar-refractivity contribution is 0.178. The fourth-order valence-electron chi connectivity index (χ4n) is 2.69. The summed E-state index contributed by atoms with van der Waals surface area (Å²) in [6.07, 6.45) is 8.81. The van der Waals surface area contributed by atoms with Crippen molar-refractivity contribution in [2.75, 3.05) is 20.1 Å². The van der Waals surface area contributed by atoms with Gasteiger partial charge in [0.05, 0.1) is 6.07 Å². The van der Waals surface area contributed by atoms with Crippen LogP contribution in [-0.2, 0) is 0 Å². The van der Waals surface area contributed by atoms with Crippen LogP contribution >= 0.6 is 0 Å². The Kier molecular flexibility index (Phi) is 6.67. The molecule has 3 heteroatoms. The molecule has 0 amide bonds. The summed E-state index contributed by atoms with van der Waals surface area (Å²) in [5.74, 6) is 0. The van der Waals surface area contributed by atoms with Gasteiger partial charge in [-0.1, -0.05) is 26.2 Å². The van der Waals surface area contributed by atoms with Gasteiger partial charge in [0.2, 0.25) is 0 Å². The summed E-state index contributed by atoms with van der Waals surface area (Å²) in [7, 11) is 2.22. The molecular formula is C15H29N3. The van der Waals surface area contributed by atoms with Crippen molar-refractivity contribution < 1.29 is 0 Å². The highest BCUT2D eigenvalue weighted by molar-refractivity contribution is 5.04. The zero-order valence-corrected chi connectivity index (χ0v) is 12.3. The number of nitrogens with zero attached hydrogens (tertiary/aromatic N) is 2. The van der Waals surface area contributed by atoms with Crippen LogP contribution in [0.2, 0.25) is 0 Å². The molecule has 0 spiro atoms. The van der Waals surface area contributed by atoms with Crippen LogP contribution in [0.1, 0.15) is 58.8 Å². The monoisotopic (exact) mass is 251 g/mol. The van der Waals surface area contributed by atoms with E-state index in [4.69, 9.17) is 0 Å². The maximum Gasteiger partial charge on any atom is 0.105 e. The minimum Gasteiger partial charge on any atom is -0.303 e. The van der Waals surface area contributed by atoms with E-state index in [0.29, 0.717) is 0 Å². The van der Waals surface area contributed by atoms with Crippen molar-refractivity contribution in [2.24, 2.45) is 0 Å². The molecule has 0 bridgehead atoms. The van der Waals surface area contributed by atoms with Crippen LogP contribution in [-0.4, -0.2) is 36.6 Å². The van der Waals surface area contributed by atoms with E-state index in [9.17, 15) is 5.26 Å². The number of nitriles is 1. The average molecular weight is 251 g/mol. The van der Waals surface area contributed by atoms with E-state index in [-0.39, 0.29) is 5.54 Å². The topological polar surface area (TPSA) is 39.1 Å². The summed E-state index contributed by atoms with van der Waals surface area (Å²) in [6, 6.07) is 3.18. The highest BCUT2D eigenvalue weighted by atomic mass is 15.1. The first kappa shape index (κ1) is 15.5. The van der Waals surface area contributed by atoms with Gasteiger partial charge in [0, 0.05) is 12.6 Å². The Morgan fingerprint density at radius 3 is 2.56 bits per heavy atom. The highest BCUT2D eigenvalue weighted by Gasteiger charge is 2.25. The van der Waals surface area contributed by atoms with E-state index in [1.54, 1.807) is 0 Å². The van der Waals surface area contributed by atoms with Gasteiger partial charge in [0.15, 0.2) is 0 Å². The van der Waals surface area contributed by atoms with Gasteiger partial charge < -0.3 is 4.90 Å². The second-order valence-corrected chi connectivity index (χ2v) is 5.89. The third kappa shape index (κ3) is 4.96. The van der Waals surface area contributed by atoms with Crippen molar-refractivity contribution in [3.8, 4) is 6.07 Å². The summed E-state index contributed by atoms with van der Waals surface area (Å²) >= 11 is 0. The van der Waals surface area contributed by atoms with E-state index < -0.39 is 0 Å². The summed E-state index contributed by atoms with van der Waals surface area (Å²) in [6.45, 7) is 6.11. The Balaban J connectivity index is 2.34. The van der Waals surface area contributed by atoms with Crippen LogP contribution in [0.15, 0.2) is 0 Å². The second-order valence-electron chi connectivity index (χ2n) is 5.89. The maximum absolute atomic E-state index is 9.30. The minimum absolute atomic E-state index is 0.362. The Hall–Kier alpha value is -0.590.